The van der Waals surface area contributed by atoms with Crippen LogP contribution in [0.15, 0.2) is 16.8 Å². The normalized spacial score (nSPS) is 14.8. The summed E-state index contributed by atoms with van der Waals surface area (Å²) in [4.78, 5) is 9.25. The summed E-state index contributed by atoms with van der Waals surface area (Å²) < 4.78 is 0. The van der Waals surface area contributed by atoms with Gasteiger partial charge in [0.1, 0.15) is 0 Å². The Kier molecular flexibility index (Phi) is 2.46. The highest BCUT2D eigenvalue weighted by Gasteiger charge is 2.15. The lowest BCUT2D eigenvalue weighted by molar-refractivity contribution is 0.620. The zero-order valence-electron chi connectivity index (χ0n) is 9.16. The van der Waals surface area contributed by atoms with Gasteiger partial charge in [-0.15, -0.1) is 0 Å². The maximum atomic E-state index is 4.65. The molecule has 4 heteroatoms. The van der Waals surface area contributed by atoms with Gasteiger partial charge in [0.15, 0.2) is 5.82 Å². The maximum Gasteiger partial charge on any atom is 0.160 e. The van der Waals surface area contributed by atoms with Gasteiger partial charge in [-0.25, -0.2) is 9.97 Å². The molecular formula is C12H13N3S. The van der Waals surface area contributed by atoms with Crippen LogP contribution in [-0.4, -0.2) is 16.5 Å². The topological polar surface area (TPSA) is 37.8 Å². The van der Waals surface area contributed by atoms with E-state index in [2.05, 4.69) is 39.0 Å². The van der Waals surface area contributed by atoms with E-state index in [0.717, 1.165) is 36.6 Å². The molecule has 1 aliphatic heterocycles. The molecule has 0 saturated carbocycles. The number of fused-ring (bicyclic) bond motifs is 1. The summed E-state index contributed by atoms with van der Waals surface area (Å²) in [6.07, 6.45) is 1.05. The van der Waals surface area contributed by atoms with Crippen molar-refractivity contribution >= 4 is 11.3 Å². The first kappa shape index (κ1) is 9.93. The van der Waals surface area contributed by atoms with Gasteiger partial charge in [-0.3, -0.25) is 0 Å². The van der Waals surface area contributed by atoms with Gasteiger partial charge in [0.2, 0.25) is 0 Å². The molecule has 0 unspecified atom stereocenters. The van der Waals surface area contributed by atoms with Gasteiger partial charge in [-0.2, -0.15) is 11.3 Å². The Hall–Kier alpha value is -1.26. The minimum Gasteiger partial charge on any atom is -0.311 e. The summed E-state index contributed by atoms with van der Waals surface area (Å²) in [5.41, 5.74) is 4.76. The number of rotatable bonds is 1. The van der Waals surface area contributed by atoms with Crippen molar-refractivity contribution in [2.45, 2.75) is 19.9 Å². The van der Waals surface area contributed by atoms with Crippen molar-refractivity contribution in [1.29, 1.82) is 0 Å². The smallest absolute Gasteiger partial charge is 0.160 e. The van der Waals surface area contributed by atoms with E-state index in [-0.39, 0.29) is 0 Å². The molecule has 3 nitrogen and oxygen atoms in total. The maximum absolute atomic E-state index is 4.65. The monoisotopic (exact) mass is 231 g/mol. The molecule has 1 aliphatic rings. The van der Waals surface area contributed by atoms with Crippen LogP contribution >= 0.6 is 11.3 Å². The Morgan fingerprint density at radius 3 is 3.12 bits per heavy atom. The van der Waals surface area contributed by atoms with Gasteiger partial charge in [-0.05, 0) is 36.9 Å². The molecule has 2 aromatic heterocycles. The van der Waals surface area contributed by atoms with E-state index >= 15 is 0 Å². The molecule has 0 radical (unpaired) electrons. The van der Waals surface area contributed by atoms with Crippen LogP contribution in [0.2, 0.25) is 0 Å². The summed E-state index contributed by atoms with van der Waals surface area (Å²) >= 11 is 1.68. The zero-order valence-corrected chi connectivity index (χ0v) is 9.97. The zero-order chi connectivity index (χ0) is 11.0. The van der Waals surface area contributed by atoms with Gasteiger partial charge in [0.05, 0.1) is 5.69 Å². The Labute approximate surface area is 98.6 Å². The fraction of sp³-hybridized carbons (Fsp3) is 0.333. The van der Waals surface area contributed by atoms with Crippen LogP contribution in [0.4, 0.5) is 0 Å². The predicted octanol–water partition coefficient (Wildman–Crippen LogP) is 2.16. The first-order valence-corrected chi connectivity index (χ1v) is 6.38. The van der Waals surface area contributed by atoms with Gasteiger partial charge in [0, 0.05) is 23.2 Å². The van der Waals surface area contributed by atoms with E-state index in [4.69, 9.17) is 0 Å². The molecule has 16 heavy (non-hydrogen) atoms. The molecule has 0 atom stereocenters. The highest BCUT2D eigenvalue weighted by Crippen LogP contribution is 2.22. The van der Waals surface area contributed by atoms with Gasteiger partial charge in [-0.1, -0.05) is 0 Å². The molecule has 2 aromatic rings. The lowest BCUT2D eigenvalue weighted by Gasteiger charge is -2.18. The molecule has 3 heterocycles. The largest absolute Gasteiger partial charge is 0.311 e. The standard InChI is InChI=1S/C12H13N3S/c1-8-10-2-4-13-6-11(10)15-12(14-8)9-3-5-16-7-9/h3,5,7,13H,2,4,6H2,1H3. The molecule has 0 spiro atoms. The number of hydrogen-bond donors (Lipinski definition) is 1. The van der Waals surface area contributed by atoms with Gasteiger partial charge < -0.3 is 5.32 Å². The summed E-state index contributed by atoms with van der Waals surface area (Å²) in [7, 11) is 0. The van der Waals surface area contributed by atoms with Gasteiger partial charge in [0.25, 0.3) is 0 Å². The third-order valence-electron chi connectivity index (χ3n) is 2.92. The minimum atomic E-state index is 0.862. The quantitative estimate of drug-likeness (QED) is 0.817. The van der Waals surface area contributed by atoms with Crippen LogP contribution in [0.5, 0.6) is 0 Å². The van der Waals surface area contributed by atoms with E-state index in [0.29, 0.717) is 0 Å². The number of aromatic nitrogens is 2. The predicted molar refractivity (Wildman–Crippen MR) is 65.5 cm³/mol. The van der Waals surface area contributed by atoms with Crippen LogP contribution in [0, 0.1) is 6.92 Å². The van der Waals surface area contributed by atoms with Crippen molar-refractivity contribution in [3.05, 3.63) is 33.8 Å². The van der Waals surface area contributed by atoms with Crippen molar-refractivity contribution in [2.24, 2.45) is 0 Å². The first-order valence-electron chi connectivity index (χ1n) is 5.44. The van der Waals surface area contributed by atoms with E-state index in [9.17, 15) is 0 Å². The number of nitrogens with zero attached hydrogens (tertiary/aromatic N) is 2. The Morgan fingerprint density at radius 2 is 2.31 bits per heavy atom. The van der Waals surface area contributed by atoms with E-state index in [1.54, 1.807) is 11.3 Å². The molecular weight excluding hydrogens is 218 g/mol. The molecule has 0 fully saturated rings. The number of aryl methyl sites for hydroxylation is 1. The molecule has 0 saturated heterocycles. The average Bonchev–Trinajstić information content (AvgIpc) is 2.82. The van der Waals surface area contributed by atoms with Gasteiger partial charge >= 0.3 is 0 Å². The first-order chi connectivity index (χ1) is 7.84. The van der Waals surface area contributed by atoms with Crippen molar-refractivity contribution in [3.8, 4) is 11.4 Å². The van der Waals surface area contributed by atoms with Crippen molar-refractivity contribution < 1.29 is 0 Å². The lowest BCUT2D eigenvalue weighted by Crippen LogP contribution is -2.26. The molecule has 0 amide bonds. The molecule has 0 aromatic carbocycles. The van der Waals surface area contributed by atoms with Crippen LogP contribution < -0.4 is 5.32 Å². The van der Waals surface area contributed by atoms with E-state index < -0.39 is 0 Å². The second kappa shape index (κ2) is 3.96. The Bertz CT molecular complexity index is 505. The van der Waals surface area contributed by atoms with Crippen LogP contribution in [0.3, 0.4) is 0 Å². The Morgan fingerprint density at radius 1 is 1.38 bits per heavy atom. The van der Waals surface area contributed by atoms with Crippen LogP contribution in [-0.2, 0) is 13.0 Å². The third kappa shape index (κ3) is 1.64. The minimum absolute atomic E-state index is 0.862. The number of nitrogens with one attached hydrogen (secondary N) is 1. The average molecular weight is 231 g/mol. The third-order valence-corrected chi connectivity index (χ3v) is 3.61. The van der Waals surface area contributed by atoms with Crippen molar-refractivity contribution in [2.75, 3.05) is 6.54 Å². The SMILES string of the molecule is Cc1nc(-c2ccsc2)nc2c1CCNC2. The number of thiophene rings is 1. The molecule has 1 N–H and O–H groups in total. The second-order valence-corrected chi connectivity index (χ2v) is 4.78. The van der Waals surface area contributed by atoms with Crippen molar-refractivity contribution in [1.82, 2.24) is 15.3 Å². The molecule has 0 bridgehead atoms. The number of hydrogen-bond acceptors (Lipinski definition) is 4. The lowest BCUT2D eigenvalue weighted by atomic mass is 10.0. The fourth-order valence-electron chi connectivity index (χ4n) is 2.07. The highest BCUT2D eigenvalue weighted by molar-refractivity contribution is 7.08. The summed E-state index contributed by atoms with van der Waals surface area (Å²) in [6, 6.07) is 2.07. The second-order valence-electron chi connectivity index (χ2n) is 4.00. The highest BCUT2D eigenvalue weighted by atomic mass is 32.1. The van der Waals surface area contributed by atoms with E-state index in [1.807, 2.05) is 0 Å². The van der Waals surface area contributed by atoms with E-state index in [1.165, 1.54) is 11.3 Å². The molecule has 0 aliphatic carbocycles. The van der Waals surface area contributed by atoms with Crippen molar-refractivity contribution in [3.63, 3.8) is 0 Å². The molecule has 3 rings (SSSR count). The Balaban J connectivity index is 2.12. The van der Waals surface area contributed by atoms with Crippen LogP contribution in [0.1, 0.15) is 17.0 Å². The molecule has 82 valence electrons. The van der Waals surface area contributed by atoms with Crippen LogP contribution in [0.25, 0.3) is 11.4 Å². The summed E-state index contributed by atoms with van der Waals surface area (Å²) in [6.45, 7) is 3.99. The fourth-order valence-corrected chi connectivity index (χ4v) is 2.70. The summed E-state index contributed by atoms with van der Waals surface area (Å²) in [5.74, 6) is 0.862. The summed E-state index contributed by atoms with van der Waals surface area (Å²) in [5, 5.41) is 7.51.